The van der Waals surface area contributed by atoms with Crippen LogP contribution in [0.2, 0.25) is 0 Å². The third-order valence-electron chi connectivity index (χ3n) is 7.15. The van der Waals surface area contributed by atoms with Crippen molar-refractivity contribution < 1.29 is 14.2 Å². The van der Waals surface area contributed by atoms with Crippen LogP contribution in [0.1, 0.15) is 33.4 Å². The van der Waals surface area contributed by atoms with E-state index in [4.69, 9.17) is 14.2 Å². The zero-order chi connectivity index (χ0) is 29.2. The first-order valence-electron chi connectivity index (χ1n) is 14.1. The van der Waals surface area contributed by atoms with E-state index in [2.05, 4.69) is 15.0 Å². The molecule has 43 heavy (non-hydrogen) atoms. The van der Waals surface area contributed by atoms with Crippen LogP contribution in [0.5, 0.6) is 11.5 Å². The second-order valence-corrected chi connectivity index (χ2v) is 10.0. The van der Waals surface area contributed by atoms with E-state index in [9.17, 15) is 0 Å². The fraction of sp³-hybridized carbons (Fsp3) is 0.108. The molecule has 0 N–H and O–H groups in total. The molecular weight excluding hydrogens is 534 g/mol. The molecule has 0 spiro atoms. The summed E-state index contributed by atoms with van der Waals surface area (Å²) in [6, 6.07) is 38.0. The van der Waals surface area contributed by atoms with Gasteiger partial charge in [-0.1, -0.05) is 60.7 Å². The van der Waals surface area contributed by atoms with Gasteiger partial charge < -0.3 is 14.2 Å². The smallest absolute Gasteiger partial charge is 0.144 e. The number of nitrogens with zero attached hydrogens (tertiary/aromatic N) is 3. The van der Waals surface area contributed by atoms with Gasteiger partial charge in [0, 0.05) is 43.2 Å². The van der Waals surface area contributed by atoms with Crippen molar-refractivity contribution in [1.82, 2.24) is 15.0 Å². The molecule has 0 bridgehead atoms. The third-order valence-corrected chi connectivity index (χ3v) is 7.15. The molecule has 3 heterocycles. The molecule has 3 aromatic heterocycles. The molecule has 0 fully saturated rings. The zero-order valence-electron chi connectivity index (χ0n) is 23.6. The molecule has 0 saturated carbocycles. The predicted molar refractivity (Wildman–Crippen MR) is 165 cm³/mol. The van der Waals surface area contributed by atoms with E-state index in [0.29, 0.717) is 24.7 Å². The molecule has 3 aromatic carbocycles. The molecule has 6 aromatic rings. The topological polar surface area (TPSA) is 66.4 Å². The Morgan fingerprint density at radius 1 is 0.419 bits per heavy atom. The minimum atomic E-state index is -0.944. The van der Waals surface area contributed by atoms with Crippen LogP contribution in [0.25, 0.3) is 0 Å². The van der Waals surface area contributed by atoms with Crippen LogP contribution in [0, 0.1) is 0 Å². The Labute approximate surface area is 251 Å². The second kappa shape index (κ2) is 13.6. The van der Waals surface area contributed by atoms with Crippen molar-refractivity contribution in [3.8, 4) is 11.5 Å². The highest BCUT2D eigenvalue weighted by atomic mass is 16.5. The van der Waals surface area contributed by atoms with Crippen molar-refractivity contribution in [2.75, 3.05) is 0 Å². The van der Waals surface area contributed by atoms with Gasteiger partial charge in [0.15, 0.2) is 0 Å². The number of hydrogen-bond donors (Lipinski definition) is 0. The summed E-state index contributed by atoms with van der Waals surface area (Å²) in [6.45, 7) is 1.16. The largest absolute Gasteiger partial charge is 0.489 e. The number of hydrogen-bond acceptors (Lipinski definition) is 6. The molecule has 0 aliphatic carbocycles. The van der Waals surface area contributed by atoms with Gasteiger partial charge in [0.2, 0.25) is 0 Å². The van der Waals surface area contributed by atoms with Crippen LogP contribution in [0.4, 0.5) is 0 Å². The molecule has 0 aliphatic rings. The standard InChI is InChI=1S/C37H31N3O3/c1-3-7-29(8-4-1)26-41-35-23-31(24-36(25-35)42-27-30-9-5-2-6-10-30)28-43-37(32-11-17-38-18-12-32,33-13-19-39-20-14-33)34-15-21-40-22-16-34/h1-25H,26-28H2. The quantitative estimate of drug-likeness (QED) is 0.153. The van der Waals surface area contributed by atoms with E-state index in [0.717, 1.165) is 33.4 Å². The number of ether oxygens (including phenoxy) is 3. The van der Waals surface area contributed by atoms with E-state index in [1.54, 1.807) is 37.2 Å². The molecule has 0 saturated heterocycles. The average molecular weight is 566 g/mol. The lowest BCUT2D eigenvalue weighted by Gasteiger charge is -2.35. The van der Waals surface area contributed by atoms with Crippen molar-refractivity contribution in [2.45, 2.75) is 25.4 Å². The van der Waals surface area contributed by atoms with Gasteiger partial charge in [0.25, 0.3) is 0 Å². The van der Waals surface area contributed by atoms with Crippen LogP contribution >= 0.6 is 0 Å². The molecule has 0 amide bonds. The summed E-state index contributed by atoms with van der Waals surface area (Å²) in [5.41, 5.74) is 4.97. The summed E-state index contributed by atoms with van der Waals surface area (Å²) >= 11 is 0. The van der Waals surface area contributed by atoms with Crippen LogP contribution in [-0.2, 0) is 30.2 Å². The number of aromatic nitrogens is 3. The fourth-order valence-electron chi connectivity index (χ4n) is 5.06. The molecule has 0 unspecified atom stereocenters. The summed E-state index contributed by atoms with van der Waals surface area (Å²) in [4.78, 5) is 12.8. The molecule has 6 nitrogen and oxygen atoms in total. The average Bonchev–Trinajstić information content (AvgIpc) is 3.09. The van der Waals surface area contributed by atoms with Gasteiger partial charge in [0.05, 0.1) is 6.61 Å². The number of pyridine rings is 3. The Balaban J connectivity index is 1.35. The van der Waals surface area contributed by atoms with Gasteiger partial charge >= 0.3 is 0 Å². The van der Waals surface area contributed by atoms with Gasteiger partial charge in [0.1, 0.15) is 30.3 Å². The van der Waals surface area contributed by atoms with Crippen molar-refractivity contribution in [1.29, 1.82) is 0 Å². The van der Waals surface area contributed by atoms with Gasteiger partial charge in [-0.15, -0.1) is 0 Å². The lowest BCUT2D eigenvalue weighted by Crippen LogP contribution is -2.33. The normalized spacial score (nSPS) is 11.2. The highest BCUT2D eigenvalue weighted by molar-refractivity contribution is 5.46. The van der Waals surface area contributed by atoms with Crippen LogP contribution in [0.15, 0.2) is 152 Å². The van der Waals surface area contributed by atoms with Crippen molar-refractivity contribution >= 4 is 0 Å². The summed E-state index contributed by atoms with van der Waals surface area (Å²) < 4.78 is 19.5. The van der Waals surface area contributed by atoms with Gasteiger partial charge in [-0.2, -0.15) is 0 Å². The molecule has 0 atom stereocenters. The molecule has 0 aliphatic heterocycles. The molecule has 6 heteroatoms. The summed E-state index contributed by atoms with van der Waals surface area (Å²) in [5.74, 6) is 1.41. The monoisotopic (exact) mass is 565 g/mol. The number of rotatable bonds is 12. The van der Waals surface area contributed by atoms with Gasteiger partial charge in [-0.3, -0.25) is 15.0 Å². The van der Waals surface area contributed by atoms with Crippen molar-refractivity contribution in [3.05, 3.63) is 186 Å². The van der Waals surface area contributed by atoms with Crippen LogP contribution < -0.4 is 9.47 Å². The molecule has 6 rings (SSSR count). The SMILES string of the molecule is c1ccc(COc2cc(COC(c3ccncc3)(c3ccncc3)c3ccncc3)cc(OCc3ccccc3)c2)cc1. The Morgan fingerprint density at radius 3 is 1.21 bits per heavy atom. The maximum absolute atomic E-state index is 7.02. The zero-order valence-corrected chi connectivity index (χ0v) is 23.6. The Bertz CT molecular complexity index is 1540. The molecular formula is C37H31N3O3. The lowest BCUT2D eigenvalue weighted by molar-refractivity contribution is -0.000102. The third kappa shape index (κ3) is 6.77. The first-order chi connectivity index (χ1) is 21.3. The van der Waals surface area contributed by atoms with Crippen molar-refractivity contribution in [2.24, 2.45) is 0 Å². The van der Waals surface area contributed by atoms with Gasteiger partial charge in [-0.25, -0.2) is 0 Å². The van der Waals surface area contributed by atoms with E-state index in [1.807, 2.05) is 115 Å². The van der Waals surface area contributed by atoms with Gasteiger partial charge in [-0.05, 0) is 81.9 Å². The first kappa shape index (κ1) is 27.8. The first-order valence-corrected chi connectivity index (χ1v) is 14.1. The van der Waals surface area contributed by atoms with Crippen molar-refractivity contribution in [3.63, 3.8) is 0 Å². The summed E-state index contributed by atoms with van der Waals surface area (Å²) in [5, 5.41) is 0. The second-order valence-electron chi connectivity index (χ2n) is 10.0. The minimum absolute atomic E-state index is 0.275. The lowest BCUT2D eigenvalue weighted by atomic mass is 9.81. The van der Waals surface area contributed by atoms with E-state index in [1.165, 1.54) is 0 Å². The summed E-state index contributed by atoms with van der Waals surface area (Å²) in [7, 11) is 0. The number of benzene rings is 3. The molecule has 0 radical (unpaired) electrons. The fourth-order valence-corrected chi connectivity index (χ4v) is 5.06. The highest BCUT2D eigenvalue weighted by Gasteiger charge is 2.38. The van der Waals surface area contributed by atoms with Crippen LogP contribution in [0.3, 0.4) is 0 Å². The van der Waals surface area contributed by atoms with E-state index < -0.39 is 5.60 Å². The minimum Gasteiger partial charge on any atom is -0.489 e. The maximum Gasteiger partial charge on any atom is 0.144 e. The highest BCUT2D eigenvalue weighted by Crippen LogP contribution is 2.41. The Kier molecular flexibility index (Phi) is 8.77. The Morgan fingerprint density at radius 2 is 0.814 bits per heavy atom. The van der Waals surface area contributed by atoms with E-state index in [-0.39, 0.29) is 6.61 Å². The van der Waals surface area contributed by atoms with Crippen LogP contribution in [-0.4, -0.2) is 15.0 Å². The van der Waals surface area contributed by atoms with E-state index >= 15 is 0 Å². The predicted octanol–water partition coefficient (Wildman–Crippen LogP) is 7.54. The summed E-state index contributed by atoms with van der Waals surface area (Å²) in [6.07, 6.45) is 10.7. The Hall–Kier alpha value is -5.33. The molecule has 212 valence electrons. The maximum atomic E-state index is 7.02.